The summed E-state index contributed by atoms with van der Waals surface area (Å²) >= 11 is 2.04. The van der Waals surface area contributed by atoms with Crippen LogP contribution in [0.1, 0.15) is 25.3 Å². The summed E-state index contributed by atoms with van der Waals surface area (Å²) in [6, 6.07) is 0. The third-order valence-corrected chi connectivity index (χ3v) is 5.63. The number of halogens is 1. The van der Waals surface area contributed by atoms with Gasteiger partial charge >= 0.3 is 0 Å². The molecule has 1 fully saturated rings. The van der Waals surface area contributed by atoms with Crippen molar-refractivity contribution in [2.75, 3.05) is 39.6 Å². The molecule has 1 aromatic rings. The fourth-order valence-electron chi connectivity index (χ4n) is 2.95. The summed E-state index contributed by atoms with van der Waals surface area (Å²) in [5, 5.41) is 7.79. The van der Waals surface area contributed by atoms with E-state index in [0.29, 0.717) is 0 Å². The van der Waals surface area contributed by atoms with E-state index in [2.05, 4.69) is 34.3 Å². The first kappa shape index (κ1) is 21.6. The molecule has 0 saturated carbocycles. The molecule has 1 aliphatic rings. The number of hydrogen-bond donors (Lipinski definition) is 1. The smallest absolute Gasteiger partial charge is 0.193 e. The molecule has 2 heterocycles. The van der Waals surface area contributed by atoms with Crippen molar-refractivity contribution in [1.29, 1.82) is 0 Å². The quantitative estimate of drug-likeness (QED) is 0.396. The average molecular weight is 467 g/mol. The summed E-state index contributed by atoms with van der Waals surface area (Å²) in [6.07, 6.45) is 6.14. The van der Waals surface area contributed by atoms with Gasteiger partial charge in [-0.1, -0.05) is 6.92 Å². The van der Waals surface area contributed by atoms with Gasteiger partial charge in [0.05, 0.1) is 6.20 Å². The van der Waals surface area contributed by atoms with E-state index >= 15 is 0 Å². The van der Waals surface area contributed by atoms with Gasteiger partial charge in [-0.25, -0.2) is 0 Å². The Balaban J connectivity index is 0.00000288. The van der Waals surface area contributed by atoms with Gasteiger partial charge in [0.15, 0.2) is 5.96 Å². The van der Waals surface area contributed by atoms with E-state index in [4.69, 9.17) is 4.74 Å². The predicted octanol–water partition coefficient (Wildman–Crippen LogP) is 2.35. The average Bonchev–Trinajstić information content (AvgIpc) is 2.94. The summed E-state index contributed by atoms with van der Waals surface area (Å²) in [5.74, 6) is 2.06. The number of ether oxygens (including phenoxy) is 1. The van der Waals surface area contributed by atoms with Crippen LogP contribution in [0.15, 0.2) is 17.4 Å². The lowest BCUT2D eigenvalue weighted by molar-refractivity contribution is 0.0780. The fraction of sp³-hybridized carbons (Fsp3) is 0.750. The van der Waals surface area contributed by atoms with Crippen LogP contribution in [0.2, 0.25) is 0 Å². The molecule has 1 aromatic heterocycles. The minimum atomic E-state index is 0. The number of nitrogens with zero attached hydrogens (tertiary/aromatic N) is 4. The van der Waals surface area contributed by atoms with Crippen molar-refractivity contribution >= 4 is 41.7 Å². The Morgan fingerprint density at radius 3 is 2.75 bits per heavy atom. The molecule has 2 rings (SSSR count). The highest BCUT2D eigenvalue weighted by Crippen LogP contribution is 2.34. The highest BCUT2D eigenvalue weighted by Gasteiger charge is 2.32. The number of guanidine groups is 1. The van der Waals surface area contributed by atoms with Gasteiger partial charge in [0.25, 0.3) is 0 Å². The molecule has 0 radical (unpaired) electrons. The zero-order valence-electron chi connectivity index (χ0n) is 15.1. The Morgan fingerprint density at radius 1 is 1.50 bits per heavy atom. The first-order valence-corrected chi connectivity index (χ1v) is 9.18. The summed E-state index contributed by atoms with van der Waals surface area (Å²) in [5.41, 5.74) is 1.18. The first-order chi connectivity index (χ1) is 11.1. The van der Waals surface area contributed by atoms with E-state index in [-0.39, 0.29) is 28.7 Å². The maximum Gasteiger partial charge on any atom is 0.193 e. The van der Waals surface area contributed by atoms with E-state index in [1.165, 1.54) is 5.56 Å². The number of aliphatic imine (C=N–C) groups is 1. The molecule has 0 aliphatic carbocycles. The van der Waals surface area contributed by atoms with Crippen LogP contribution in [0.4, 0.5) is 0 Å². The van der Waals surface area contributed by atoms with Crippen molar-refractivity contribution in [3.8, 4) is 0 Å². The van der Waals surface area contributed by atoms with E-state index in [9.17, 15) is 0 Å². The van der Waals surface area contributed by atoms with E-state index < -0.39 is 0 Å². The molecule has 1 N–H and O–H groups in total. The Labute approximate surface area is 166 Å². The summed E-state index contributed by atoms with van der Waals surface area (Å²) < 4.78 is 7.63. The second-order valence-electron chi connectivity index (χ2n) is 6.01. The van der Waals surface area contributed by atoms with Crippen molar-refractivity contribution in [2.45, 2.75) is 31.1 Å². The third-order valence-electron chi connectivity index (χ3n) is 4.17. The van der Waals surface area contributed by atoms with Crippen LogP contribution in [0, 0.1) is 0 Å². The number of hydrogen-bond acceptors (Lipinski definition) is 4. The lowest BCUT2D eigenvalue weighted by Gasteiger charge is -2.37. The topological polar surface area (TPSA) is 54.7 Å². The Bertz CT molecular complexity index is 511. The molecule has 6 nitrogen and oxygen atoms in total. The Hall–Kier alpha value is -0.480. The molecule has 8 heteroatoms. The van der Waals surface area contributed by atoms with Crippen molar-refractivity contribution in [2.24, 2.45) is 12.0 Å². The standard InChI is InChI=1S/C16H29N5OS.HI/c1-5-23-16(6-8-22-9-7-16)13-18-15(17-2)20(3)11-14-10-19-21(4)12-14;/h10,12H,5-9,11,13H2,1-4H3,(H,17,18);1H. The van der Waals surface area contributed by atoms with Crippen LogP contribution in [0.5, 0.6) is 0 Å². The van der Waals surface area contributed by atoms with Crippen molar-refractivity contribution < 1.29 is 4.74 Å². The van der Waals surface area contributed by atoms with Gasteiger partial charge in [-0.3, -0.25) is 9.67 Å². The summed E-state index contributed by atoms with van der Waals surface area (Å²) in [4.78, 5) is 6.57. The molecule has 24 heavy (non-hydrogen) atoms. The summed E-state index contributed by atoms with van der Waals surface area (Å²) in [7, 11) is 5.84. The van der Waals surface area contributed by atoms with Crippen LogP contribution in [-0.4, -0.2) is 65.0 Å². The SMILES string of the molecule is CCSC1(CNC(=NC)N(C)Cc2cnn(C)c2)CCOCC1.I. The van der Waals surface area contributed by atoms with Gasteiger partial charge in [0.2, 0.25) is 0 Å². The van der Waals surface area contributed by atoms with Crippen LogP contribution in [0.25, 0.3) is 0 Å². The number of rotatable bonds is 6. The number of nitrogens with one attached hydrogen (secondary N) is 1. The molecule has 1 aliphatic heterocycles. The highest BCUT2D eigenvalue weighted by molar-refractivity contribution is 14.0. The predicted molar refractivity (Wildman–Crippen MR) is 112 cm³/mol. The fourth-order valence-corrected chi connectivity index (χ4v) is 4.19. The molecule has 0 spiro atoms. The van der Waals surface area contributed by atoms with Crippen LogP contribution in [0.3, 0.4) is 0 Å². The zero-order chi connectivity index (χ0) is 16.7. The maximum absolute atomic E-state index is 5.54. The molecule has 0 atom stereocenters. The zero-order valence-corrected chi connectivity index (χ0v) is 18.3. The first-order valence-electron chi connectivity index (χ1n) is 8.19. The van der Waals surface area contributed by atoms with Gasteiger partial charge in [-0.2, -0.15) is 16.9 Å². The number of thioether (sulfide) groups is 1. The van der Waals surface area contributed by atoms with Gasteiger partial charge in [0.1, 0.15) is 0 Å². The molecule has 138 valence electrons. The number of aryl methyl sites for hydroxylation is 1. The lowest BCUT2D eigenvalue weighted by Crippen LogP contribution is -2.48. The van der Waals surface area contributed by atoms with Crippen LogP contribution in [-0.2, 0) is 18.3 Å². The van der Waals surface area contributed by atoms with Gasteiger partial charge < -0.3 is 15.0 Å². The Kier molecular flexibility index (Phi) is 9.43. The number of aromatic nitrogens is 2. The normalized spacial score (nSPS) is 17.2. The van der Waals surface area contributed by atoms with Crippen LogP contribution < -0.4 is 5.32 Å². The molecule has 0 amide bonds. The molecular formula is C16H30IN5OS. The third kappa shape index (κ3) is 6.11. The van der Waals surface area contributed by atoms with Crippen molar-refractivity contribution in [1.82, 2.24) is 20.0 Å². The largest absolute Gasteiger partial charge is 0.381 e. The van der Waals surface area contributed by atoms with Gasteiger partial charge in [-0.15, -0.1) is 24.0 Å². The Morgan fingerprint density at radius 2 is 2.21 bits per heavy atom. The molecule has 1 saturated heterocycles. The van der Waals surface area contributed by atoms with Gasteiger partial charge in [0, 0.05) is 64.0 Å². The van der Waals surface area contributed by atoms with E-state index in [0.717, 1.165) is 50.9 Å². The second-order valence-corrected chi connectivity index (χ2v) is 7.74. The molecule has 0 aromatic carbocycles. The van der Waals surface area contributed by atoms with Crippen LogP contribution >= 0.6 is 35.7 Å². The summed E-state index contributed by atoms with van der Waals surface area (Å²) in [6.45, 7) is 5.67. The molecular weight excluding hydrogens is 437 g/mol. The maximum atomic E-state index is 5.54. The van der Waals surface area contributed by atoms with E-state index in [1.54, 1.807) is 0 Å². The van der Waals surface area contributed by atoms with Crippen molar-refractivity contribution in [3.63, 3.8) is 0 Å². The monoisotopic (exact) mass is 467 g/mol. The molecule has 0 unspecified atom stereocenters. The van der Waals surface area contributed by atoms with E-state index in [1.807, 2.05) is 42.9 Å². The van der Waals surface area contributed by atoms with Crippen molar-refractivity contribution in [3.05, 3.63) is 18.0 Å². The minimum absolute atomic E-state index is 0. The lowest BCUT2D eigenvalue weighted by atomic mass is 9.99. The second kappa shape index (κ2) is 10.5. The van der Waals surface area contributed by atoms with Gasteiger partial charge in [-0.05, 0) is 18.6 Å². The molecule has 0 bridgehead atoms. The highest BCUT2D eigenvalue weighted by atomic mass is 127. The minimum Gasteiger partial charge on any atom is -0.381 e.